The maximum absolute atomic E-state index is 6.81. The molecule has 0 amide bonds. The van der Waals surface area contributed by atoms with Gasteiger partial charge in [-0.25, -0.2) is 0 Å². The third-order valence-electron chi connectivity index (χ3n) is 8.44. The predicted molar refractivity (Wildman–Crippen MR) is 161 cm³/mol. The van der Waals surface area contributed by atoms with E-state index in [1.807, 2.05) is 0 Å². The van der Waals surface area contributed by atoms with Gasteiger partial charge < -0.3 is 9.47 Å². The second kappa shape index (κ2) is 16.1. The quantitative estimate of drug-likeness (QED) is 0.148. The van der Waals surface area contributed by atoms with E-state index in [1.165, 1.54) is 98.9 Å². The molecule has 206 valence electrons. The topological polar surface area (TPSA) is 18.5 Å². The third-order valence-corrected chi connectivity index (χ3v) is 8.44. The van der Waals surface area contributed by atoms with Crippen molar-refractivity contribution in [1.29, 1.82) is 0 Å². The minimum Gasteiger partial charge on any atom is -0.492 e. The van der Waals surface area contributed by atoms with Crippen LogP contribution in [0.15, 0.2) is 35.9 Å². The molecule has 2 aromatic rings. The van der Waals surface area contributed by atoms with Crippen molar-refractivity contribution in [2.45, 2.75) is 125 Å². The van der Waals surface area contributed by atoms with Crippen LogP contribution >= 0.6 is 0 Å². The number of ether oxygens (including phenoxy) is 2. The Bertz CT molecular complexity index is 973. The highest BCUT2D eigenvalue weighted by Crippen LogP contribution is 2.45. The van der Waals surface area contributed by atoms with Gasteiger partial charge in [0.25, 0.3) is 0 Å². The average Bonchev–Trinajstić information content (AvgIpc) is 2.93. The number of fused-ring (bicyclic) bond motifs is 2. The summed E-state index contributed by atoms with van der Waals surface area (Å²) in [5.74, 6) is 3.50. The summed E-state index contributed by atoms with van der Waals surface area (Å²) in [7, 11) is 0. The van der Waals surface area contributed by atoms with Gasteiger partial charge in [-0.3, -0.25) is 0 Å². The lowest BCUT2D eigenvalue weighted by Crippen LogP contribution is -2.17. The van der Waals surface area contributed by atoms with Gasteiger partial charge in [0.15, 0.2) is 0 Å². The van der Waals surface area contributed by atoms with E-state index in [0.29, 0.717) is 11.8 Å². The molecule has 2 aromatic carbocycles. The summed E-state index contributed by atoms with van der Waals surface area (Å²) >= 11 is 0. The number of benzene rings is 2. The van der Waals surface area contributed by atoms with Crippen molar-refractivity contribution >= 4 is 10.8 Å². The van der Waals surface area contributed by atoms with Crippen molar-refractivity contribution in [1.82, 2.24) is 0 Å². The second-order valence-electron chi connectivity index (χ2n) is 11.3. The molecule has 1 aliphatic rings. The molecule has 0 fully saturated rings. The molecule has 0 spiro atoms. The Kier molecular flexibility index (Phi) is 12.9. The number of hydrogen-bond acceptors (Lipinski definition) is 2. The van der Waals surface area contributed by atoms with Crippen molar-refractivity contribution in [2.75, 3.05) is 13.2 Å². The Balaban J connectivity index is 1.97. The molecular weight excluding hydrogens is 452 g/mol. The molecule has 0 aromatic heterocycles. The molecule has 2 unspecified atom stereocenters. The van der Waals surface area contributed by atoms with Gasteiger partial charge in [0.2, 0.25) is 0 Å². The first-order valence-electron chi connectivity index (χ1n) is 15.7. The van der Waals surface area contributed by atoms with Gasteiger partial charge >= 0.3 is 0 Å². The summed E-state index contributed by atoms with van der Waals surface area (Å²) in [6, 6.07) is 8.83. The van der Waals surface area contributed by atoms with Gasteiger partial charge in [-0.05, 0) is 50.4 Å². The van der Waals surface area contributed by atoms with Gasteiger partial charge in [-0.1, -0.05) is 122 Å². The molecule has 37 heavy (non-hydrogen) atoms. The smallest absolute Gasteiger partial charge is 0.131 e. The van der Waals surface area contributed by atoms with E-state index in [2.05, 4.69) is 65.0 Å². The van der Waals surface area contributed by atoms with Crippen LogP contribution in [0.1, 0.15) is 123 Å². The Morgan fingerprint density at radius 1 is 0.676 bits per heavy atom. The lowest BCUT2D eigenvalue weighted by Gasteiger charge is -2.27. The summed E-state index contributed by atoms with van der Waals surface area (Å²) in [6.07, 6.45) is 19.5. The Hall–Kier alpha value is -1.96. The summed E-state index contributed by atoms with van der Waals surface area (Å²) < 4.78 is 13.6. The largest absolute Gasteiger partial charge is 0.492 e. The van der Waals surface area contributed by atoms with Crippen LogP contribution in [0, 0.1) is 11.8 Å². The number of hydrogen-bond donors (Lipinski definition) is 0. The van der Waals surface area contributed by atoms with Gasteiger partial charge in [0.05, 0.1) is 13.2 Å². The van der Waals surface area contributed by atoms with E-state index in [1.54, 1.807) is 5.57 Å². The highest BCUT2D eigenvalue weighted by molar-refractivity contribution is 5.96. The SMILES string of the molecule is CCCCCC1=CCc2c(c(OCC(CC)CCCC)c3ccccc3c2OCC(CC)CCCC)C1. The van der Waals surface area contributed by atoms with Gasteiger partial charge in [0.1, 0.15) is 11.5 Å². The fourth-order valence-corrected chi connectivity index (χ4v) is 5.75. The van der Waals surface area contributed by atoms with Crippen molar-refractivity contribution in [2.24, 2.45) is 11.8 Å². The van der Waals surface area contributed by atoms with E-state index in [0.717, 1.165) is 37.6 Å². The van der Waals surface area contributed by atoms with Crippen LogP contribution in [-0.2, 0) is 12.8 Å². The summed E-state index contributed by atoms with van der Waals surface area (Å²) in [6.45, 7) is 13.1. The zero-order chi connectivity index (χ0) is 26.5. The molecule has 0 bridgehead atoms. The predicted octanol–water partition coefficient (Wildman–Crippen LogP) is 10.6. The lowest BCUT2D eigenvalue weighted by atomic mass is 9.85. The molecule has 2 nitrogen and oxygen atoms in total. The third kappa shape index (κ3) is 8.26. The van der Waals surface area contributed by atoms with Crippen molar-refractivity contribution in [3.05, 3.63) is 47.0 Å². The van der Waals surface area contributed by atoms with Crippen molar-refractivity contribution in [3.8, 4) is 11.5 Å². The minimum atomic E-state index is 0.623. The molecule has 2 heteroatoms. The van der Waals surface area contributed by atoms with E-state index < -0.39 is 0 Å². The van der Waals surface area contributed by atoms with Crippen LogP contribution in [0.4, 0.5) is 0 Å². The number of allylic oxidation sites excluding steroid dienone is 2. The Morgan fingerprint density at radius 3 is 1.73 bits per heavy atom. The zero-order valence-corrected chi connectivity index (χ0v) is 24.7. The van der Waals surface area contributed by atoms with Crippen molar-refractivity contribution < 1.29 is 9.47 Å². The fraction of sp³-hybridized carbons (Fsp3) is 0.657. The highest BCUT2D eigenvalue weighted by Gasteiger charge is 2.25. The summed E-state index contributed by atoms with van der Waals surface area (Å²) in [5.41, 5.74) is 4.36. The minimum absolute atomic E-state index is 0.623. The molecule has 2 atom stereocenters. The summed E-state index contributed by atoms with van der Waals surface area (Å²) in [5, 5.41) is 2.46. The lowest BCUT2D eigenvalue weighted by molar-refractivity contribution is 0.228. The van der Waals surface area contributed by atoms with Gasteiger partial charge in [-0.15, -0.1) is 0 Å². The maximum Gasteiger partial charge on any atom is 0.131 e. The number of rotatable bonds is 18. The van der Waals surface area contributed by atoms with E-state index in [4.69, 9.17) is 9.47 Å². The fourth-order valence-electron chi connectivity index (χ4n) is 5.75. The van der Waals surface area contributed by atoms with Gasteiger partial charge in [0, 0.05) is 21.9 Å². The maximum atomic E-state index is 6.81. The van der Waals surface area contributed by atoms with E-state index in [9.17, 15) is 0 Å². The molecule has 0 aliphatic heterocycles. The first kappa shape index (κ1) is 29.6. The first-order valence-corrected chi connectivity index (χ1v) is 15.7. The van der Waals surface area contributed by atoms with Crippen LogP contribution in [-0.4, -0.2) is 13.2 Å². The Labute approximate surface area is 228 Å². The Morgan fingerprint density at radius 2 is 1.22 bits per heavy atom. The molecule has 0 saturated carbocycles. The zero-order valence-electron chi connectivity index (χ0n) is 24.7. The standard InChI is InChI=1S/C35H54O2/c1-6-11-14-19-29-22-23-32-33(24-29)35(37-26-28(10-5)18-13-8-3)31-21-16-15-20-30(31)34(32)36-25-27(9-4)17-12-7-2/h15-16,20-22,27-28H,6-14,17-19,23-26H2,1-5H3. The van der Waals surface area contributed by atoms with Crippen LogP contribution in [0.2, 0.25) is 0 Å². The van der Waals surface area contributed by atoms with Crippen LogP contribution in [0.5, 0.6) is 11.5 Å². The molecule has 0 N–H and O–H groups in total. The molecule has 3 rings (SSSR count). The normalized spacial score (nSPS) is 14.8. The van der Waals surface area contributed by atoms with E-state index >= 15 is 0 Å². The molecule has 1 aliphatic carbocycles. The molecule has 0 saturated heterocycles. The van der Waals surface area contributed by atoms with Crippen LogP contribution in [0.3, 0.4) is 0 Å². The van der Waals surface area contributed by atoms with Crippen LogP contribution < -0.4 is 9.47 Å². The molecule has 0 radical (unpaired) electrons. The van der Waals surface area contributed by atoms with Gasteiger partial charge in [-0.2, -0.15) is 0 Å². The number of unbranched alkanes of at least 4 members (excludes halogenated alkanes) is 4. The summed E-state index contributed by atoms with van der Waals surface area (Å²) in [4.78, 5) is 0. The first-order chi connectivity index (χ1) is 18.2. The monoisotopic (exact) mass is 506 g/mol. The van der Waals surface area contributed by atoms with E-state index in [-0.39, 0.29) is 0 Å². The van der Waals surface area contributed by atoms with Crippen molar-refractivity contribution in [3.63, 3.8) is 0 Å². The molecular formula is C35H54O2. The van der Waals surface area contributed by atoms with Crippen LogP contribution in [0.25, 0.3) is 10.8 Å². The highest BCUT2D eigenvalue weighted by atomic mass is 16.5. The second-order valence-corrected chi connectivity index (χ2v) is 11.3. The molecule has 0 heterocycles. The average molecular weight is 507 g/mol.